The fourth-order valence-electron chi connectivity index (χ4n) is 2.39. The second-order valence-electron chi connectivity index (χ2n) is 5.96. The molecule has 0 saturated carbocycles. The van der Waals surface area contributed by atoms with Gasteiger partial charge >= 0.3 is 5.97 Å². The van der Waals surface area contributed by atoms with Crippen LogP contribution in [0.3, 0.4) is 0 Å². The lowest BCUT2D eigenvalue weighted by Gasteiger charge is -2.40. The van der Waals surface area contributed by atoms with Gasteiger partial charge in [-0.1, -0.05) is 6.08 Å². The van der Waals surface area contributed by atoms with Crippen molar-refractivity contribution in [2.24, 2.45) is 0 Å². The van der Waals surface area contributed by atoms with E-state index in [1.54, 1.807) is 20.8 Å². The molecule has 1 atom stereocenters. The standard InChI is InChI=1S/C13H24N2O4S/c1-5-9-15(13(2,3)4)20(18,19)14-10-7-6-8-11(14)12(16)17/h5,11H,1,6-10H2,2-4H3,(H,16,17). The van der Waals surface area contributed by atoms with Crippen molar-refractivity contribution < 1.29 is 18.3 Å². The number of rotatable bonds is 5. The van der Waals surface area contributed by atoms with Gasteiger partial charge in [-0.15, -0.1) is 6.58 Å². The van der Waals surface area contributed by atoms with Crippen molar-refractivity contribution in [1.29, 1.82) is 0 Å². The summed E-state index contributed by atoms with van der Waals surface area (Å²) < 4.78 is 28.0. The predicted molar refractivity (Wildman–Crippen MR) is 77.6 cm³/mol. The molecule has 6 nitrogen and oxygen atoms in total. The second-order valence-corrected chi connectivity index (χ2v) is 7.76. The van der Waals surface area contributed by atoms with Crippen molar-refractivity contribution in [3.8, 4) is 0 Å². The van der Waals surface area contributed by atoms with Gasteiger partial charge in [0.05, 0.1) is 0 Å². The Balaban J connectivity index is 3.17. The molecule has 1 saturated heterocycles. The minimum atomic E-state index is -3.82. The Bertz CT molecular complexity index is 467. The van der Waals surface area contributed by atoms with E-state index in [-0.39, 0.29) is 13.1 Å². The normalized spacial score (nSPS) is 21.9. The Morgan fingerprint density at radius 3 is 2.50 bits per heavy atom. The average Bonchev–Trinajstić information content (AvgIpc) is 2.34. The van der Waals surface area contributed by atoms with E-state index < -0.39 is 27.8 Å². The van der Waals surface area contributed by atoms with Crippen LogP contribution in [0.4, 0.5) is 0 Å². The van der Waals surface area contributed by atoms with Crippen LogP contribution in [-0.4, -0.2) is 52.8 Å². The van der Waals surface area contributed by atoms with Crippen molar-refractivity contribution >= 4 is 16.2 Å². The highest BCUT2D eigenvalue weighted by Crippen LogP contribution is 2.27. The van der Waals surface area contributed by atoms with E-state index in [2.05, 4.69) is 6.58 Å². The van der Waals surface area contributed by atoms with Gasteiger partial charge in [0.15, 0.2) is 0 Å². The molecule has 0 aromatic rings. The average molecular weight is 304 g/mol. The van der Waals surface area contributed by atoms with Crippen LogP contribution in [0, 0.1) is 0 Å². The minimum Gasteiger partial charge on any atom is -0.480 e. The first-order valence-corrected chi connectivity index (χ1v) is 8.15. The molecule has 1 fully saturated rings. The molecule has 1 rings (SSSR count). The summed E-state index contributed by atoms with van der Waals surface area (Å²) >= 11 is 0. The Morgan fingerprint density at radius 2 is 2.05 bits per heavy atom. The number of carboxylic acids is 1. The second kappa shape index (κ2) is 6.24. The van der Waals surface area contributed by atoms with Gasteiger partial charge in [0.25, 0.3) is 10.2 Å². The molecule has 1 aliphatic rings. The van der Waals surface area contributed by atoms with Crippen LogP contribution in [0.1, 0.15) is 40.0 Å². The summed E-state index contributed by atoms with van der Waals surface area (Å²) in [5.41, 5.74) is -0.631. The summed E-state index contributed by atoms with van der Waals surface area (Å²) in [6.07, 6.45) is 3.30. The highest BCUT2D eigenvalue weighted by molar-refractivity contribution is 7.86. The van der Waals surface area contributed by atoms with E-state index in [0.29, 0.717) is 12.8 Å². The van der Waals surface area contributed by atoms with Crippen LogP contribution in [0.5, 0.6) is 0 Å². The molecule has 1 unspecified atom stereocenters. The van der Waals surface area contributed by atoms with Crippen LogP contribution in [-0.2, 0) is 15.0 Å². The lowest BCUT2D eigenvalue weighted by molar-refractivity contribution is -0.142. The summed E-state index contributed by atoms with van der Waals surface area (Å²) in [5, 5.41) is 9.24. The first-order chi connectivity index (χ1) is 9.12. The number of carboxylic acid groups (broad SMARTS) is 1. The molecule has 0 amide bonds. The van der Waals surface area contributed by atoms with Gasteiger partial charge in [0, 0.05) is 18.6 Å². The molecule has 1 aliphatic heterocycles. The third kappa shape index (κ3) is 3.59. The van der Waals surface area contributed by atoms with E-state index >= 15 is 0 Å². The maximum Gasteiger partial charge on any atom is 0.322 e. The van der Waals surface area contributed by atoms with E-state index in [0.717, 1.165) is 10.7 Å². The van der Waals surface area contributed by atoms with Gasteiger partial charge in [0.1, 0.15) is 6.04 Å². The SMILES string of the molecule is C=CCN(C(C)(C)C)S(=O)(=O)N1CCCCC1C(=O)O. The molecule has 1 heterocycles. The molecule has 0 aromatic heterocycles. The molecule has 116 valence electrons. The predicted octanol–water partition coefficient (Wildman–Crippen LogP) is 1.46. The smallest absolute Gasteiger partial charge is 0.322 e. The minimum absolute atomic E-state index is 0.161. The lowest BCUT2D eigenvalue weighted by Crippen LogP contribution is -2.57. The first-order valence-electron chi connectivity index (χ1n) is 6.75. The van der Waals surface area contributed by atoms with Gasteiger partial charge in [-0.25, -0.2) is 0 Å². The van der Waals surface area contributed by atoms with E-state index in [1.165, 1.54) is 10.4 Å². The van der Waals surface area contributed by atoms with Gasteiger partial charge < -0.3 is 5.11 Å². The topological polar surface area (TPSA) is 77.9 Å². The number of piperidine rings is 1. The van der Waals surface area contributed by atoms with Gasteiger partial charge in [-0.05, 0) is 40.0 Å². The molecule has 7 heteroatoms. The Morgan fingerprint density at radius 1 is 1.45 bits per heavy atom. The van der Waals surface area contributed by atoms with Crippen molar-refractivity contribution in [3.05, 3.63) is 12.7 Å². The number of carbonyl (C=O) groups is 1. The Hall–Kier alpha value is -0.920. The molecule has 0 bridgehead atoms. The number of hydrogen-bond acceptors (Lipinski definition) is 3. The third-order valence-electron chi connectivity index (χ3n) is 3.36. The molecular formula is C13H24N2O4S. The third-order valence-corrected chi connectivity index (χ3v) is 5.64. The zero-order valence-corrected chi connectivity index (χ0v) is 13.2. The van der Waals surface area contributed by atoms with E-state index in [1.807, 2.05) is 0 Å². The van der Waals surface area contributed by atoms with E-state index in [9.17, 15) is 18.3 Å². The number of nitrogens with zero attached hydrogens (tertiary/aromatic N) is 2. The largest absolute Gasteiger partial charge is 0.480 e. The summed E-state index contributed by atoms with van der Waals surface area (Å²) in [6.45, 7) is 9.36. The van der Waals surface area contributed by atoms with Crippen LogP contribution in [0.25, 0.3) is 0 Å². The fraction of sp³-hybridized carbons (Fsp3) is 0.769. The van der Waals surface area contributed by atoms with E-state index in [4.69, 9.17) is 0 Å². The maximum absolute atomic E-state index is 12.8. The fourth-order valence-corrected chi connectivity index (χ4v) is 4.50. The zero-order chi connectivity index (χ0) is 15.6. The summed E-state index contributed by atoms with van der Waals surface area (Å²) in [6, 6.07) is -0.969. The van der Waals surface area contributed by atoms with Crippen molar-refractivity contribution in [2.45, 2.75) is 51.6 Å². The Kier molecular flexibility index (Phi) is 5.34. The molecule has 0 aliphatic carbocycles. The quantitative estimate of drug-likeness (QED) is 0.780. The molecular weight excluding hydrogens is 280 g/mol. The molecule has 1 N–H and O–H groups in total. The van der Waals surface area contributed by atoms with Gasteiger partial charge in [-0.2, -0.15) is 17.0 Å². The van der Waals surface area contributed by atoms with Crippen LogP contribution < -0.4 is 0 Å². The summed E-state index contributed by atoms with van der Waals surface area (Å²) in [7, 11) is -3.82. The zero-order valence-electron chi connectivity index (χ0n) is 12.4. The summed E-state index contributed by atoms with van der Waals surface area (Å²) in [5.74, 6) is -1.08. The molecule has 20 heavy (non-hydrogen) atoms. The Labute approximate surface area is 121 Å². The molecule has 0 aromatic carbocycles. The van der Waals surface area contributed by atoms with Crippen LogP contribution in [0.15, 0.2) is 12.7 Å². The van der Waals surface area contributed by atoms with Crippen molar-refractivity contribution in [3.63, 3.8) is 0 Å². The summed E-state index contributed by atoms with van der Waals surface area (Å²) in [4.78, 5) is 11.3. The highest BCUT2D eigenvalue weighted by atomic mass is 32.2. The maximum atomic E-state index is 12.8. The first kappa shape index (κ1) is 17.1. The van der Waals surface area contributed by atoms with Crippen LogP contribution >= 0.6 is 0 Å². The molecule has 0 spiro atoms. The number of hydrogen-bond donors (Lipinski definition) is 1. The molecule has 0 radical (unpaired) electrons. The lowest BCUT2D eigenvalue weighted by atomic mass is 10.1. The monoisotopic (exact) mass is 304 g/mol. The van der Waals surface area contributed by atoms with Crippen LogP contribution in [0.2, 0.25) is 0 Å². The van der Waals surface area contributed by atoms with Crippen molar-refractivity contribution in [2.75, 3.05) is 13.1 Å². The van der Waals surface area contributed by atoms with Crippen molar-refractivity contribution in [1.82, 2.24) is 8.61 Å². The van der Waals surface area contributed by atoms with Gasteiger partial charge in [0.2, 0.25) is 0 Å². The van der Waals surface area contributed by atoms with Gasteiger partial charge in [-0.3, -0.25) is 4.79 Å². The highest BCUT2D eigenvalue weighted by Gasteiger charge is 2.42. The number of aliphatic carboxylic acids is 1.